The monoisotopic (exact) mass is 586 g/mol. The summed E-state index contributed by atoms with van der Waals surface area (Å²) in [7, 11) is 0. The molecule has 2 atom stereocenters. The maximum Gasteiger partial charge on any atom is 0.435 e. The van der Waals surface area contributed by atoms with Gasteiger partial charge in [-0.25, -0.2) is 0 Å². The van der Waals surface area contributed by atoms with Crippen molar-refractivity contribution in [2.75, 3.05) is 5.75 Å². The van der Waals surface area contributed by atoms with E-state index in [-0.39, 0.29) is 44.0 Å². The lowest BCUT2D eigenvalue weighted by molar-refractivity contribution is -0.275. The molecule has 3 aromatic rings. The lowest BCUT2D eigenvalue weighted by Gasteiger charge is -2.29. The first-order valence-electron chi connectivity index (χ1n) is 11.0. The molecule has 0 saturated carbocycles. The van der Waals surface area contributed by atoms with Crippen LogP contribution >= 0.6 is 46.6 Å². The van der Waals surface area contributed by atoms with Crippen LogP contribution in [0.25, 0.3) is 0 Å². The fraction of sp³-hybridized carbons (Fsp3) is 0.231. The third-order valence-corrected chi connectivity index (χ3v) is 7.75. The zero-order valence-electron chi connectivity index (χ0n) is 19.3. The first kappa shape index (κ1) is 27.6. The van der Waals surface area contributed by atoms with Gasteiger partial charge in [0.05, 0.1) is 22.5 Å². The van der Waals surface area contributed by atoms with Gasteiger partial charge in [0.15, 0.2) is 0 Å². The normalized spacial score (nSPS) is 18.2. The Balaban J connectivity index is 1.45. The fourth-order valence-corrected chi connectivity index (χ4v) is 5.50. The number of amides is 1. The van der Waals surface area contributed by atoms with E-state index in [0.29, 0.717) is 10.5 Å². The zero-order chi connectivity index (χ0) is 26.8. The average molecular weight is 588 g/mol. The fourth-order valence-electron chi connectivity index (χ4n) is 3.89. The van der Waals surface area contributed by atoms with Crippen molar-refractivity contribution in [2.45, 2.75) is 36.1 Å². The maximum atomic E-state index is 14.2. The highest BCUT2D eigenvalue weighted by Crippen LogP contribution is 2.50. The lowest BCUT2D eigenvalue weighted by Crippen LogP contribution is -2.42. The standard InChI is InChI=1S/C26H20Cl3F3N2O2S/c1-15(16-5-3-2-4-6-16)33-24(35)14-37-23-8-7-17(9-21(23)29)22-13-25(36-34-22,26(30,31)32)18-10-19(27)12-20(28)11-18/h2-12,15H,13-14H2,1H3,(H,33,35). The van der Waals surface area contributed by atoms with Crippen LogP contribution in [0.4, 0.5) is 13.2 Å². The molecule has 0 saturated heterocycles. The highest BCUT2D eigenvalue weighted by molar-refractivity contribution is 8.00. The summed E-state index contributed by atoms with van der Waals surface area (Å²) < 4.78 is 42.7. The van der Waals surface area contributed by atoms with Crippen LogP contribution in [0.1, 0.15) is 36.1 Å². The third-order valence-electron chi connectivity index (χ3n) is 5.82. The number of nitrogens with one attached hydrogen (secondary N) is 1. The molecule has 3 aromatic carbocycles. The molecule has 0 aliphatic carbocycles. The molecular weight excluding hydrogens is 568 g/mol. The summed E-state index contributed by atoms with van der Waals surface area (Å²) in [5.41, 5.74) is -1.55. The molecule has 194 valence electrons. The van der Waals surface area contributed by atoms with E-state index >= 15 is 0 Å². The van der Waals surface area contributed by atoms with Crippen molar-refractivity contribution >= 4 is 58.2 Å². The van der Waals surface area contributed by atoms with Gasteiger partial charge in [-0.05, 0) is 42.8 Å². The molecule has 2 unspecified atom stereocenters. The van der Waals surface area contributed by atoms with Crippen molar-refractivity contribution in [1.82, 2.24) is 5.32 Å². The van der Waals surface area contributed by atoms with E-state index in [0.717, 1.165) is 17.7 Å². The molecule has 1 amide bonds. The van der Waals surface area contributed by atoms with E-state index in [1.54, 1.807) is 12.1 Å². The number of oxime groups is 1. The Hall–Kier alpha value is -2.39. The van der Waals surface area contributed by atoms with Crippen molar-refractivity contribution in [1.29, 1.82) is 0 Å². The van der Waals surface area contributed by atoms with E-state index in [1.165, 1.54) is 23.9 Å². The van der Waals surface area contributed by atoms with E-state index < -0.39 is 18.2 Å². The second kappa shape index (κ2) is 11.2. The number of rotatable bonds is 7. The van der Waals surface area contributed by atoms with Crippen LogP contribution in [-0.2, 0) is 15.2 Å². The quantitative estimate of drug-likeness (QED) is 0.284. The molecule has 0 bridgehead atoms. The van der Waals surface area contributed by atoms with E-state index in [4.69, 9.17) is 39.6 Å². The number of nitrogens with zero attached hydrogens (tertiary/aromatic N) is 1. The molecule has 4 rings (SSSR count). The average Bonchev–Trinajstić information content (AvgIpc) is 3.30. The smallest absolute Gasteiger partial charge is 0.374 e. The predicted octanol–water partition coefficient (Wildman–Crippen LogP) is 8.20. The van der Waals surface area contributed by atoms with Crippen LogP contribution in [0, 0.1) is 0 Å². The Morgan fingerprint density at radius 2 is 1.76 bits per heavy atom. The number of hydrogen-bond acceptors (Lipinski definition) is 4. The van der Waals surface area contributed by atoms with Gasteiger partial charge in [0.2, 0.25) is 5.91 Å². The van der Waals surface area contributed by atoms with Gasteiger partial charge >= 0.3 is 6.18 Å². The van der Waals surface area contributed by atoms with Gasteiger partial charge in [-0.1, -0.05) is 76.4 Å². The summed E-state index contributed by atoms with van der Waals surface area (Å²) in [6.45, 7) is 1.89. The molecule has 0 fully saturated rings. The summed E-state index contributed by atoms with van der Waals surface area (Å²) in [5.74, 6) is -0.0577. The van der Waals surface area contributed by atoms with E-state index in [9.17, 15) is 18.0 Å². The molecule has 1 aliphatic heterocycles. The second-order valence-electron chi connectivity index (χ2n) is 8.42. The lowest BCUT2D eigenvalue weighted by atomic mass is 9.86. The Morgan fingerprint density at radius 3 is 2.38 bits per heavy atom. The summed E-state index contributed by atoms with van der Waals surface area (Å²) in [6, 6.07) is 17.8. The third kappa shape index (κ3) is 6.20. The SMILES string of the molecule is CC(NC(=O)CSc1ccc(C2=NOC(c3cc(Cl)cc(Cl)c3)(C(F)(F)F)C2)cc1Cl)c1ccccc1. The summed E-state index contributed by atoms with van der Waals surface area (Å²) in [6.07, 6.45) is -5.38. The van der Waals surface area contributed by atoms with Gasteiger partial charge in [0, 0.05) is 32.5 Å². The van der Waals surface area contributed by atoms with Gasteiger partial charge in [-0.15, -0.1) is 11.8 Å². The van der Waals surface area contributed by atoms with Crippen LogP contribution in [-0.4, -0.2) is 23.5 Å². The number of hydrogen-bond donors (Lipinski definition) is 1. The Kier molecular flexibility index (Phi) is 8.33. The van der Waals surface area contributed by atoms with Crippen molar-refractivity contribution in [2.24, 2.45) is 5.16 Å². The highest BCUT2D eigenvalue weighted by atomic mass is 35.5. The number of carbonyl (C=O) groups is 1. The molecule has 0 aromatic heterocycles. The van der Waals surface area contributed by atoms with Crippen LogP contribution in [0.2, 0.25) is 15.1 Å². The highest BCUT2D eigenvalue weighted by Gasteiger charge is 2.62. The predicted molar refractivity (Wildman–Crippen MR) is 142 cm³/mol. The summed E-state index contributed by atoms with van der Waals surface area (Å²) in [5, 5.41) is 7.06. The number of benzene rings is 3. The topological polar surface area (TPSA) is 50.7 Å². The molecule has 11 heteroatoms. The number of thioether (sulfide) groups is 1. The molecule has 0 spiro atoms. The molecule has 1 heterocycles. The minimum Gasteiger partial charge on any atom is -0.374 e. The van der Waals surface area contributed by atoms with E-state index in [2.05, 4.69) is 10.5 Å². The van der Waals surface area contributed by atoms with Crippen LogP contribution in [0.5, 0.6) is 0 Å². The molecular formula is C26H20Cl3F3N2O2S. The molecule has 0 radical (unpaired) electrons. The Morgan fingerprint density at radius 1 is 1.08 bits per heavy atom. The first-order valence-corrected chi connectivity index (χ1v) is 13.2. The van der Waals surface area contributed by atoms with Gasteiger partial charge in [0.1, 0.15) is 0 Å². The van der Waals surface area contributed by atoms with Crippen LogP contribution in [0.3, 0.4) is 0 Å². The van der Waals surface area contributed by atoms with Gasteiger partial charge in [-0.2, -0.15) is 13.2 Å². The molecule has 1 N–H and O–H groups in total. The Labute approximate surface area is 231 Å². The van der Waals surface area contributed by atoms with Crippen molar-refractivity contribution in [3.63, 3.8) is 0 Å². The summed E-state index contributed by atoms with van der Waals surface area (Å²) >= 11 is 19.5. The molecule has 4 nitrogen and oxygen atoms in total. The van der Waals surface area contributed by atoms with Gasteiger partial charge in [0.25, 0.3) is 5.60 Å². The van der Waals surface area contributed by atoms with Crippen LogP contribution < -0.4 is 5.32 Å². The minimum atomic E-state index is -4.80. The minimum absolute atomic E-state index is 0.0507. The molecule has 37 heavy (non-hydrogen) atoms. The number of carbonyl (C=O) groups excluding carboxylic acids is 1. The van der Waals surface area contributed by atoms with Crippen molar-refractivity contribution in [3.05, 3.63) is 98.5 Å². The largest absolute Gasteiger partial charge is 0.435 e. The van der Waals surface area contributed by atoms with Crippen molar-refractivity contribution < 1.29 is 22.8 Å². The van der Waals surface area contributed by atoms with Gasteiger partial charge in [-0.3, -0.25) is 4.79 Å². The first-order chi connectivity index (χ1) is 17.5. The maximum absolute atomic E-state index is 14.2. The van der Waals surface area contributed by atoms with Crippen molar-refractivity contribution in [3.8, 4) is 0 Å². The van der Waals surface area contributed by atoms with Crippen LogP contribution in [0.15, 0.2) is 76.8 Å². The van der Waals surface area contributed by atoms with E-state index in [1.807, 2.05) is 37.3 Å². The molecule has 1 aliphatic rings. The Bertz CT molecular complexity index is 1320. The zero-order valence-corrected chi connectivity index (χ0v) is 22.4. The van der Waals surface area contributed by atoms with Gasteiger partial charge < -0.3 is 10.2 Å². The summed E-state index contributed by atoms with van der Waals surface area (Å²) in [4.78, 5) is 18.0. The second-order valence-corrected chi connectivity index (χ2v) is 10.7. The number of halogens is 6. The number of alkyl halides is 3.